The maximum Gasteiger partial charge on any atom is 0.196 e. The van der Waals surface area contributed by atoms with Crippen LogP contribution in [-0.2, 0) is 0 Å². The van der Waals surface area contributed by atoms with Crippen molar-refractivity contribution in [1.29, 1.82) is 0 Å². The Balaban J connectivity index is 1.11. The van der Waals surface area contributed by atoms with Crippen molar-refractivity contribution in [2.45, 2.75) is 0 Å². The third-order valence-electron chi connectivity index (χ3n) is 10.4. The van der Waals surface area contributed by atoms with Crippen LogP contribution in [0.25, 0.3) is 60.9 Å². The van der Waals surface area contributed by atoms with Crippen LogP contribution in [0.3, 0.4) is 0 Å². The van der Waals surface area contributed by atoms with Crippen LogP contribution in [0.2, 0.25) is 0 Å². The molecule has 0 unspecified atom stereocenters. The molecule has 10 rings (SSSR count). The van der Waals surface area contributed by atoms with E-state index in [0.29, 0.717) is 0 Å². The van der Waals surface area contributed by atoms with E-state index in [2.05, 4.69) is 173 Å². The molecule has 9 aromatic rings. The number of benzene rings is 8. The molecule has 0 spiro atoms. The Labute approximate surface area is 302 Å². The van der Waals surface area contributed by atoms with E-state index in [0.717, 1.165) is 66.8 Å². The Morgan fingerprint density at radius 1 is 0.365 bits per heavy atom. The lowest BCUT2D eigenvalue weighted by atomic mass is 10.0. The van der Waals surface area contributed by atoms with Crippen molar-refractivity contribution < 1.29 is 4.79 Å². The molecule has 3 nitrogen and oxygen atoms in total. The molecule has 52 heavy (non-hydrogen) atoms. The van der Waals surface area contributed by atoms with Gasteiger partial charge in [0.25, 0.3) is 0 Å². The first-order valence-electron chi connectivity index (χ1n) is 17.6. The minimum absolute atomic E-state index is 0.0842. The van der Waals surface area contributed by atoms with Crippen LogP contribution in [0.15, 0.2) is 194 Å². The number of hydrogen-bond acceptors (Lipinski definition) is 2. The van der Waals surface area contributed by atoms with Crippen molar-refractivity contribution in [2.75, 3.05) is 4.90 Å². The lowest BCUT2D eigenvalue weighted by Crippen LogP contribution is -2.10. The van der Waals surface area contributed by atoms with Crippen molar-refractivity contribution in [3.8, 4) is 39.1 Å². The minimum atomic E-state index is 0.0842. The lowest BCUT2D eigenvalue weighted by Gasteiger charge is -2.26. The molecule has 8 aromatic carbocycles. The number of nitrogens with zero attached hydrogens (tertiary/aromatic N) is 2. The van der Waals surface area contributed by atoms with Crippen molar-refractivity contribution in [2.24, 2.45) is 0 Å². The van der Waals surface area contributed by atoms with Gasteiger partial charge in [-0.15, -0.1) is 0 Å². The van der Waals surface area contributed by atoms with Crippen LogP contribution in [0.4, 0.5) is 17.1 Å². The molecule has 0 N–H and O–H groups in total. The molecular weight excluding hydrogens is 633 g/mol. The molecule has 0 saturated carbocycles. The number of rotatable bonds is 6. The largest absolute Gasteiger partial charge is 0.311 e. The first-order chi connectivity index (χ1) is 25.7. The van der Waals surface area contributed by atoms with Gasteiger partial charge >= 0.3 is 0 Å². The van der Waals surface area contributed by atoms with E-state index in [9.17, 15) is 4.79 Å². The number of anilines is 3. The van der Waals surface area contributed by atoms with Gasteiger partial charge in [-0.25, -0.2) is 0 Å². The maximum atomic E-state index is 14.0. The standard InChI is InChI=1S/C49H32N2O/c52-49-45-17-8-7-15-41(45)43-31-32-44-42-16-9-10-18-46(42)51(48(44)47(43)49)40-29-27-39(28-30-40)50(37-23-19-35(20-24-37)33-11-3-1-4-12-33)38-25-21-36(22-26-38)34-13-5-2-6-14-34/h1-32H. The van der Waals surface area contributed by atoms with E-state index < -0.39 is 0 Å². The van der Waals surface area contributed by atoms with Crippen LogP contribution in [0.1, 0.15) is 15.9 Å². The van der Waals surface area contributed by atoms with E-state index in [4.69, 9.17) is 0 Å². The Hall–Kier alpha value is -6.97. The van der Waals surface area contributed by atoms with Crippen molar-refractivity contribution in [3.05, 3.63) is 205 Å². The number of ketones is 1. The zero-order valence-electron chi connectivity index (χ0n) is 28.3. The number of carbonyl (C=O) groups is 1. The van der Waals surface area contributed by atoms with Crippen LogP contribution in [0.5, 0.6) is 0 Å². The Kier molecular flexibility index (Phi) is 6.97. The van der Waals surface area contributed by atoms with Gasteiger partial charge in [0.2, 0.25) is 0 Å². The summed E-state index contributed by atoms with van der Waals surface area (Å²) in [6.45, 7) is 0. The molecule has 3 heteroatoms. The summed E-state index contributed by atoms with van der Waals surface area (Å²) in [5.41, 5.74) is 14.5. The quantitative estimate of drug-likeness (QED) is 0.177. The fourth-order valence-corrected chi connectivity index (χ4v) is 7.90. The first kappa shape index (κ1) is 29.9. The number of para-hydroxylation sites is 1. The van der Waals surface area contributed by atoms with Gasteiger partial charge in [-0.1, -0.05) is 140 Å². The number of aromatic nitrogens is 1. The fourth-order valence-electron chi connectivity index (χ4n) is 7.90. The van der Waals surface area contributed by atoms with E-state index >= 15 is 0 Å². The predicted molar refractivity (Wildman–Crippen MR) is 215 cm³/mol. The van der Waals surface area contributed by atoms with Gasteiger partial charge in [0.05, 0.1) is 16.6 Å². The highest BCUT2D eigenvalue weighted by atomic mass is 16.1. The monoisotopic (exact) mass is 664 g/mol. The highest BCUT2D eigenvalue weighted by Gasteiger charge is 2.31. The van der Waals surface area contributed by atoms with E-state index in [1.54, 1.807) is 0 Å². The van der Waals surface area contributed by atoms with Crippen molar-refractivity contribution in [1.82, 2.24) is 4.57 Å². The first-order valence-corrected chi connectivity index (χ1v) is 17.6. The molecular formula is C49H32N2O. The summed E-state index contributed by atoms with van der Waals surface area (Å²) >= 11 is 0. The summed E-state index contributed by atoms with van der Waals surface area (Å²) in [6.07, 6.45) is 0. The molecule has 0 fully saturated rings. The lowest BCUT2D eigenvalue weighted by molar-refractivity contribution is 0.104. The van der Waals surface area contributed by atoms with Crippen LogP contribution < -0.4 is 4.90 Å². The number of hydrogen-bond donors (Lipinski definition) is 0. The Morgan fingerprint density at radius 2 is 0.846 bits per heavy atom. The average molecular weight is 665 g/mol. The van der Waals surface area contributed by atoms with Gasteiger partial charge < -0.3 is 9.47 Å². The van der Waals surface area contributed by atoms with Crippen molar-refractivity contribution >= 4 is 44.7 Å². The third kappa shape index (κ3) is 4.79. The SMILES string of the molecule is O=C1c2ccccc2-c2ccc3c4ccccc4n(-c4ccc(N(c5ccc(-c6ccccc6)cc5)c5ccc(-c6ccccc6)cc5)cc4)c3c21. The summed E-state index contributed by atoms with van der Waals surface area (Å²) in [7, 11) is 0. The number of carbonyl (C=O) groups excluding carboxylic acids is 1. The second kappa shape index (κ2) is 12.1. The second-order valence-corrected chi connectivity index (χ2v) is 13.3. The molecule has 1 aliphatic carbocycles. The summed E-state index contributed by atoms with van der Waals surface area (Å²) in [6, 6.07) is 67.9. The summed E-state index contributed by atoms with van der Waals surface area (Å²) in [5.74, 6) is 0.0842. The maximum absolute atomic E-state index is 14.0. The van der Waals surface area contributed by atoms with Crippen molar-refractivity contribution in [3.63, 3.8) is 0 Å². The van der Waals surface area contributed by atoms with Crippen LogP contribution in [0, 0.1) is 0 Å². The van der Waals surface area contributed by atoms with Gasteiger partial charge in [0, 0.05) is 39.1 Å². The molecule has 0 amide bonds. The van der Waals surface area contributed by atoms with Crippen LogP contribution in [-0.4, -0.2) is 10.4 Å². The van der Waals surface area contributed by atoms with Gasteiger partial charge in [0.1, 0.15) is 0 Å². The molecule has 0 bridgehead atoms. The molecule has 244 valence electrons. The van der Waals surface area contributed by atoms with Gasteiger partial charge in [0.15, 0.2) is 5.78 Å². The van der Waals surface area contributed by atoms with E-state index in [-0.39, 0.29) is 5.78 Å². The molecule has 1 heterocycles. The van der Waals surface area contributed by atoms with E-state index in [1.165, 1.54) is 22.3 Å². The Bertz CT molecular complexity index is 2680. The normalized spacial score (nSPS) is 11.9. The van der Waals surface area contributed by atoms with Gasteiger partial charge in [-0.2, -0.15) is 0 Å². The summed E-state index contributed by atoms with van der Waals surface area (Å²) in [4.78, 5) is 16.3. The Morgan fingerprint density at radius 3 is 1.44 bits per heavy atom. The summed E-state index contributed by atoms with van der Waals surface area (Å²) in [5, 5.41) is 2.21. The van der Waals surface area contributed by atoms with Crippen LogP contribution >= 0.6 is 0 Å². The topological polar surface area (TPSA) is 25.2 Å². The average Bonchev–Trinajstić information content (AvgIpc) is 3.71. The molecule has 0 atom stereocenters. The molecule has 1 aliphatic rings. The zero-order chi connectivity index (χ0) is 34.6. The highest BCUT2D eigenvalue weighted by Crippen LogP contribution is 2.44. The molecule has 1 aromatic heterocycles. The second-order valence-electron chi connectivity index (χ2n) is 13.3. The van der Waals surface area contributed by atoms with E-state index in [1.807, 2.05) is 30.3 Å². The molecule has 0 aliphatic heterocycles. The molecule has 0 radical (unpaired) electrons. The molecule has 0 saturated heterocycles. The fraction of sp³-hybridized carbons (Fsp3) is 0. The highest BCUT2D eigenvalue weighted by molar-refractivity contribution is 6.29. The minimum Gasteiger partial charge on any atom is -0.311 e. The number of fused-ring (bicyclic) bond motifs is 7. The summed E-state index contributed by atoms with van der Waals surface area (Å²) < 4.78 is 2.27. The third-order valence-corrected chi connectivity index (χ3v) is 10.4. The van der Waals surface area contributed by atoms with Gasteiger partial charge in [-0.3, -0.25) is 4.79 Å². The smallest absolute Gasteiger partial charge is 0.196 e. The van der Waals surface area contributed by atoms with Gasteiger partial charge in [-0.05, 0) is 88.0 Å². The predicted octanol–water partition coefficient (Wildman–Crippen LogP) is 12.8. The zero-order valence-corrected chi connectivity index (χ0v) is 28.3.